The highest BCUT2D eigenvalue weighted by Crippen LogP contribution is 2.09. The number of sulfonamides is 1. The fourth-order valence-electron chi connectivity index (χ4n) is 1.44. The Morgan fingerprint density at radius 2 is 2.00 bits per heavy atom. The number of amides is 1. The molecule has 1 aromatic rings. The predicted octanol–water partition coefficient (Wildman–Crippen LogP) is 0.535. The first-order valence-electron chi connectivity index (χ1n) is 6.26. The van der Waals surface area contributed by atoms with Crippen LogP contribution in [0.5, 0.6) is 0 Å². The van der Waals surface area contributed by atoms with E-state index in [0.29, 0.717) is 0 Å². The number of nitriles is 1. The summed E-state index contributed by atoms with van der Waals surface area (Å²) in [6.45, 7) is 6.86. The molecule has 0 aromatic carbocycles. The smallest absolute Gasteiger partial charge is 0.242 e. The highest BCUT2D eigenvalue weighted by Gasteiger charge is 2.24. The van der Waals surface area contributed by atoms with Crippen molar-refractivity contribution in [3.63, 3.8) is 0 Å². The molecule has 0 bridgehead atoms. The summed E-state index contributed by atoms with van der Waals surface area (Å²) in [6.07, 6.45) is 1.08. The first kappa shape index (κ1) is 17.1. The van der Waals surface area contributed by atoms with Gasteiger partial charge in [0.05, 0.1) is 6.04 Å². The first-order valence-corrected chi connectivity index (χ1v) is 7.74. The summed E-state index contributed by atoms with van der Waals surface area (Å²) in [5, 5.41) is 11.3. The normalized spacial score (nSPS) is 13.3. The molecule has 0 fully saturated rings. The zero-order valence-corrected chi connectivity index (χ0v) is 13.2. The average molecular weight is 310 g/mol. The Hall–Kier alpha value is -1.98. The van der Waals surface area contributed by atoms with Gasteiger partial charge in [0.25, 0.3) is 0 Å². The molecule has 8 heteroatoms. The van der Waals surface area contributed by atoms with Gasteiger partial charge in [-0.25, -0.2) is 13.4 Å². The SMILES string of the molecule is CC(NS(=O)(=O)c1ccc(C#N)nc1)C(=O)NC(C)(C)C. The zero-order valence-electron chi connectivity index (χ0n) is 12.3. The van der Waals surface area contributed by atoms with E-state index in [2.05, 4.69) is 15.0 Å². The number of aromatic nitrogens is 1. The third-order valence-electron chi connectivity index (χ3n) is 2.38. The van der Waals surface area contributed by atoms with Crippen molar-refractivity contribution in [3.8, 4) is 6.07 Å². The Morgan fingerprint density at radius 3 is 2.43 bits per heavy atom. The molecule has 0 aliphatic heterocycles. The van der Waals surface area contributed by atoms with E-state index in [1.165, 1.54) is 19.1 Å². The fourth-order valence-corrected chi connectivity index (χ4v) is 2.58. The molecule has 0 aliphatic carbocycles. The van der Waals surface area contributed by atoms with Gasteiger partial charge in [0, 0.05) is 11.7 Å². The van der Waals surface area contributed by atoms with Crippen molar-refractivity contribution in [1.29, 1.82) is 5.26 Å². The predicted molar refractivity (Wildman–Crippen MR) is 76.6 cm³/mol. The Labute approximate surface area is 124 Å². The lowest BCUT2D eigenvalue weighted by molar-refractivity contribution is -0.123. The summed E-state index contributed by atoms with van der Waals surface area (Å²) in [5.74, 6) is -0.423. The second kappa shape index (κ2) is 6.20. The van der Waals surface area contributed by atoms with Gasteiger partial charge in [-0.05, 0) is 39.8 Å². The minimum atomic E-state index is -3.87. The van der Waals surface area contributed by atoms with Crippen LogP contribution in [0.15, 0.2) is 23.2 Å². The van der Waals surface area contributed by atoms with E-state index in [1.54, 1.807) is 26.8 Å². The van der Waals surface area contributed by atoms with E-state index in [0.717, 1.165) is 6.20 Å². The van der Waals surface area contributed by atoms with Crippen LogP contribution in [0.25, 0.3) is 0 Å². The molecular formula is C13H18N4O3S. The van der Waals surface area contributed by atoms with Gasteiger partial charge in [-0.3, -0.25) is 4.79 Å². The van der Waals surface area contributed by atoms with Gasteiger partial charge in [0.2, 0.25) is 15.9 Å². The van der Waals surface area contributed by atoms with Gasteiger partial charge in [-0.15, -0.1) is 0 Å². The molecule has 2 N–H and O–H groups in total. The summed E-state index contributed by atoms with van der Waals surface area (Å²) < 4.78 is 26.5. The number of hydrogen-bond donors (Lipinski definition) is 2. The van der Waals surface area contributed by atoms with Crippen LogP contribution in [0.1, 0.15) is 33.4 Å². The maximum Gasteiger partial charge on any atom is 0.242 e. The van der Waals surface area contributed by atoms with Crippen molar-refractivity contribution < 1.29 is 13.2 Å². The molecule has 114 valence electrons. The summed E-state index contributed by atoms with van der Waals surface area (Å²) in [4.78, 5) is 15.5. The van der Waals surface area contributed by atoms with Crippen LogP contribution in [-0.2, 0) is 14.8 Å². The number of carbonyl (C=O) groups excluding carboxylic acids is 1. The number of carbonyl (C=O) groups is 1. The molecule has 1 amide bonds. The Balaban J connectivity index is 2.84. The zero-order chi connectivity index (χ0) is 16.3. The molecule has 0 saturated heterocycles. The van der Waals surface area contributed by atoms with Crippen molar-refractivity contribution in [1.82, 2.24) is 15.0 Å². The van der Waals surface area contributed by atoms with Gasteiger partial charge < -0.3 is 5.32 Å². The van der Waals surface area contributed by atoms with Crippen LogP contribution in [0.4, 0.5) is 0 Å². The molecule has 1 heterocycles. The maximum atomic E-state index is 12.1. The second-order valence-electron chi connectivity index (χ2n) is 5.57. The molecule has 1 aromatic heterocycles. The fraction of sp³-hybridized carbons (Fsp3) is 0.462. The summed E-state index contributed by atoms with van der Waals surface area (Å²) in [6, 6.07) is 3.44. The third-order valence-corrected chi connectivity index (χ3v) is 3.91. The largest absolute Gasteiger partial charge is 0.350 e. The number of rotatable bonds is 4. The van der Waals surface area contributed by atoms with Crippen LogP contribution in [0.3, 0.4) is 0 Å². The second-order valence-corrected chi connectivity index (χ2v) is 7.29. The van der Waals surface area contributed by atoms with Crippen molar-refractivity contribution in [2.45, 2.75) is 44.2 Å². The first-order chi connectivity index (χ1) is 9.55. The molecule has 1 atom stereocenters. The lowest BCUT2D eigenvalue weighted by atomic mass is 10.1. The number of pyridine rings is 1. The van der Waals surface area contributed by atoms with Gasteiger partial charge in [0.15, 0.2) is 0 Å². The Kier molecular flexibility index (Phi) is 5.04. The van der Waals surface area contributed by atoms with Gasteiger partial charge >= 0.3 is 0 Å². The third kappa shape index (κ3) is 5.13. The summed E-state index contributed by atoms with van der Waals surface area (Å²) in [5.41, 5.74) is -0.334. The van der Waals surface area contributed by atoms with Crippen molar-refractivity contribution in [2.24, 2.45) is 0 Å². The Bertz CT molecular complexity index is 654. The van der Waals surface area contributed by atoms with Crippen molar-refractivity contribution in [3.05, 3.63) is 24.0 Å². The molecular weight excluding hydrogens is 292 g/mol. The summed E-state index contributed by atoms with van der Waals surface area (Å²) >= 11 is 0. The average Bonchev–Trinajstić information content (AvgIpc) is 2.36. The molecule has 1 rings (SSSR count). The minimum Gasteiger partial charge on any atom is -0.350 e. The highest BCUT2D eigenvalue weighted by atomic mass is 32.2. The van der Waals surface area contributed by atoms with Gasteiger partial charge in [0.1, 0.15) is 16.7 Å². The van der Waals surface area contributed by atoms with E-state index >= 15 is 0 Å². The molecule has 0 aliphatic rings. The van der Waals surface area contributed by atoms with Crippen LogP contribution in [0, 0.1) is 11.3 Å². The van der Waals surface area contributed by atoms with Gasteiger partial charge in [-0.1, -0.05) is 0 Å². The lowest BCUT2D eigenvalue weighted by Gasteiger charge is -2.23. The molecule has 1 unspecified atom stereocenters. The lowest BCUT2D eigenvalue weighted by Crippen LogP contribution is -2.50. The number of nitrogens with one attached hydrogen (secondary N) is 2. The van der Waals surface area contributed by atoms with Gasteiger partial charge in [-0.2, -0.15) is 9.98 Å². The molecule has 0 spiro atoms. The highest BCUT2D eigenvalue weighted by molar-refractivity contribution is 7.89. The monoisotopic (exact) mass is 310 g/mol. The van der Waals surface area contributed by atoms with Crippen LogP contribution >= 0.6 is 0 Å². The number of hydrogen-bond acceptors (Lipinski definition) is 5. The van der Waals surface area contributed by atoms with Crippen molar-refractivity contribution in [2.75, 3.05) is 0 Å². The summed E-state index contributed by atoms with van der Waals surface area (Å²) in [7, 11) is -3.87. The number of nitrogens with zero attached hydrogens (tertiary/aromatic N) is 2. The molecule has 0 radical (unpaired) electrons. The van der Waals surface area contributed by atoms with Crippen molar-refractivity contribution >= 4 is 15.9 Å². The topological polar surface area (TPSA) is 112 Å². The molecule has 21 heavy (non-hydrogen) atoms. The van der Waals surface area contributed by atoms with E-state index in [9.17, 15) is 13.2 Å². The van der Waals surface area contributed by atoms with E-state index in [-0.39, 0.29) is 10.6 Å². The standard InChI is InChI=1S/C13H18N4O3S/c1-9(12(18)16-13(2,3)4)17-21(19,20)11-6-5-10(7-14)15-8-11/h5-6,8-9,17H,1-4H3,(H,16,18). The van der Waals surface area contributed by atoms with Crippen LogP contribution in [0.2, 0.25) is 0 Å². The van der Waals surface area contributed by atoms with Crippen LogP contribution < -0.4 is 10.0 Å². The van der Waals surface area contributed by atoms with E-state index in [4.69, 9.17) is 5.26 Å². The Morgan fingerprint density at radius 1 is 1.38 bits per heavy atom. The minimum absolute atomic E-state index is 0.100. The van der Waals surface area contributed by atoms with Crippen LogP contribution in [-0.4, -0.2) is 30.9 Å². The quantitative estimate of drug-likeness (QED) is 0.842. The molecule has 0 saturated carbocycles. The maximum absolute atomic E-state index is 12.1. The van der Waals surface area contributed by atoms with E-state index < -0.39 is 27.5 Å². The van der Waals surface area contributed by atoms with E-state index in [1.807, 2.05) is 0 Å². The molecule has 7 nitrogen and oxygen atoms in total.